The van der Waals surface area contributed by atoms with Gasteiger partial charge in [-0.05, 0) is 59.2 Å². The van der Waals surface area contributed by atoms with Crippen LogP contribution in [0, 0.1) is 6.92 Å². The van der Waals surface area contributed by atoms with Gasteiger partial charge in [0.25, 0.3) is 5.91 Å². The number of nitrogens with zero attached hydrogens (tertiary/aromatic N) is 2. The van der Waals surface area contributed by atoms with E-state index in [0.29, 0.717) is 26.1 Å². The van der Waals surface area contributed by atoms with Gasteiger partial charge >= 0.3 is 0 Å². The first-order valence-corrected chi connectivity index (χ1v) is 12.0. The summed E-state index contributed by atoms with van der Waals surface area (Å²) in [5.74, 6) is 0.689. The van der Waals surface area contributed by atoms with Crippen LogP contribution >= 0.6 is 11.3 Å². The normalized spacial score (nSPS) is 16.9. The number of aromatic nitrogens is 1. The Balaban J connectivity index is 1.24. The summed E-state index contributed by atoms with van der Waals surface area (Å²) in [5, 5.41) is 4.96. The molecule has 0 saturated heterocycles. The molecule has 5 rings (SSSR count). The Hall–Kier alpha value is -3.45. The van der Waals surface area contributed by atoms with E-state index in [9.17, 15) is 9.59 Å². The van der Waals surface area contributed by atoms with Crippen molar-refractivity contribution in [1.82, 2.24) is 15.2 Å². The van der Waals surface area contributed by atoms with E-state index in [0.717, 1.165) is 39.4 Å². The molecule has 1 unspecified atom stereocenters. The van der Waals surface area contributed by atoms with Crippen LogP contribution in [0.25, 0.3) is 6.08 Å². The van der Waals surface area contributed by atoms with Crippen molar-refractivity contribution in [3.63, 3.8) is 0 Å². The van der Waals surface area contributed by atoms with Gasteiger partial charge in [-0.15, -0.1) is 11.3 Å². The molecule has 6 nitrogen and oxygen atoms in total. The van der Waals surface area contributed by atoms with Gasteiger partial charge in [-0.3, -0.25) is 14.6 Å². The minimum atomic E-state index is -0.462. The number of hydrogen-bond acceptors (Lipinski definition) is 5. The number of amides is 2. The summed E-state index contributed by atoms with van der Waals surface area (Å²) in [5.41, 5.74) is 5.25. The van der Waals surface area contributed by atoms with Crippen LogP contribution < -0.4 is 10.1 Å². The van der Waals surface area contributed by atoms with Gasteiger partial charge < -0.3 is 15.0 Å². The van der Waals surface area contributed by atoms with Crippen LogP contribution in [0.15, 0.2) is 54.1 Å². The molecule has 2 aromatic heterocycles. The Labute approximate surface area is 196 Å². The van der Waals surface area contributed by atoms with E-state index in [1.807, 2.05) is 65.9 Å². The van der Waals surface area contributed by atoms with Crippen LogP contribution in [0.4, 0.5) is 0 Å². The third-order valence-corrected chi connectivity index (χ3v) is 7.05. The highest BCUT2D eigenvalue weighted by molar-refractivity contribution is 7.10. The molecule has 33 heavy (non-hydrogen) atoms. The van der Waals surface area contributed by atoms with E-state index < -0.39 is 6.10 Å². The lowest BCUT2D eigenvalue weighted by Crippen LogP contribution is -2.44. The molecule has 1 aromatic carbocycles. The minimum Gasteiger partial charge on any atom is -0.480 e. The molecule has 3 aromatic rings. The van der Waals surface area contributed by atoms with Gasteiger partial charge in [-0.2, -0.15) is 0 Å². The lowest BCUT2D eigenvalue weighted by Gasteiger charge is -2.32. The average Bonchev–Trinajstić information content (AvgIpc) is 3.51. The summed E-state index contributed by atoms with van der Waals surface area (Å²) in [7, 11) is 0. The lowest BCUT2D eigenvalue weighted by atomic mass is 9.94. The predicted molar refractivity (Wildman–Crippen MR) is 128 cm³/mol. The van der Waals surface area contributed by atoms with Gasteiger partial charge in [0, 0.05) is 48.9 Å². The quantitative estimate of drug-likeness (QED) is 0.591. The first-order chi connectivity index (χ1) is 16.1. The number of carbonyl (C=O) groups excluding carboxylic acids is 2. The van der Waals surface area contributed by atoms with Gasteiger partial charge in [0.2, 0.25) is 5.91 Å². The number of nitrogens with one attached hydrogen (secondary N) is 1. The molecule has 2 aliphatic heterocycles. The molecule has 4 heterocycles. The maximum Gasteiger partial charge on any atom is 0.264 e. The Morgan fingerprint density at radius 3 is 2.94 bits per heavy atom. The van der Waals surface area contributed by atoms with Crippen molar-refractivity contribution in [1.29, 1.82) is 0 Å². The molecule has 7 heteroatoms. The van der Waals surface area contributed by atoms with Crippen LogP contribution in [-0.2, 0) is 35.5 Å². The second kappa shape index (κ2) is 9.19. The Morgan fingerprint density at radius 1 is 1.24 bits per heavy atom. The number of carbonyl (C=O) groups is 2. The zero-order valence-electron chi connectivity index (χ0n) is 18.4. The molecule has 0 radical (unpaired) electrons. The molecule has 0 fully saturated rings. The fourth-order valence-corrected chi connectivity index (χ4v) is 5.06. The summed E-state index contributed by atoms with van der Waals surface area (Å²) < 4.78 is 5.91. The number of hydrogen-bond donors (Lipinski definition) is 1. The molecule has 1 atom stereocenters. The second-order valence-electron chi connectivity index (χ2n) is 8.32. The number of benzene rings is 1. The zero-order chi connectivity index (χ0) is 22.8. The number of para-hydroxylation sites is 1. The van der Waals surface area contributed by atoms with E-state index in [2.05, 4.69) is 10.3 Å². The van der Waals surface area contributed by atoms with Crippen molar-refractivity contribution in [3.05, 3.63) is 86.9 Å². The van der Waals surface area contributed by atoms with Crippen LogP contribution in [0.3, 0.4) is 0 Å². The Morgan fingerprint density at radius 2 is 2.12 bits per heavy atom. The number of thiophene rings is 1. The van der Waals surface area contributed by atoms with Crippen LogP contribution in [-0.4, -0.2) is 34.3 Å². The maximum atomic E-state index is 13.1. The van der Waals surface area contributed by atoms with Crippen LogP contribution in [0.5, 0.6) is 5.75 Å². The van der Waals surface area contributed by atoms with Crippen molar-refractivity contribution in [2.75, 3.05) is 6.54 Å². The molecule has 0 spiro atoms. The van der Waals surface area contributed by atoms with Crippen molar-refractivity contribution in [2.24, 2.45) is 0 Å². The van der Waals surface area contributed by atoms with Gasteiger partial charge in [0.05, 0.1) is 0 Å². The summed E-state index contributed by atoms with van der Waals surface area (Å²) in [6.07, 6.45) is 6.12. The maximum absolute atomic E-state index is 13.1. The molecular formula is C26H25N3O3S. The van der Waals surface area contributed by atoms with Gasteiger partial charge in [-0.25, -0.2) is 0 Å². The SMILES string of the molecule is Cc1ncc2c(c1CNC(=O)/C=C/c1cccs1)CCN(C(=O)C1Cc3ccccc3O1)C2. The average molecular weight is 460 g/mol. The highest BCUT2D eigenvalue weighted by atomic mass is 32.1. The standard InChI is InChI=1S/C26H25N3O3S/c1-17-22(15-28-25(30)9-8-20-6-4-12-33-20)21-10-11-29(16-19(21)14-27-17)26(31)24-13-18-5-2-3-7-23(18)32-24/h2-9,12,14,24H,10-11,13,15-16H2,1H3,(H,28,30)/b9-8+. The van der Waals surface area contributed by atoms with Crippen molar-refractivity contribution >= 4 is 29.2 Å². The molecular weight excluding hydrogens is 434 g/mol. The monoisotopic (exact) mass is 459 g/mol. The van der Waals surface area contributed by atoms with Gasteiger partial charge in [-0.1, -0.05) is 24.3 Å². The Bertz CT molecular complexity index is 1190. The molecule has 168 valence electrons. The van der Waals surface area contributed by atoms with Crippen molar-refractivity contribution < 1.29 is 14.3 Å². The topological polar surface area (TPSA) is 71.5 Å². The lowest BCUT2D eigenvalue weighted by molar-refractivity contribution is -0.138. The highest BCUT2D eigenvalue weighted by Crippen LogP contribution is 2.30. The third kappa shape index (κ3) is 4.54. The summed E-state index contributed by atoms with van der Waals surface area (Å²) >= 11 is 1.59. The minimum absolute atomic E-state index is 0.0194. The Kier molecular flexibility index (Phi) is 5.96. The molecule has 1 N–H and O–H groups in total. The van der Waals surface area contributed by atoms with Crippen LogP contribution in [0.1, 0.15) is 32.8 Å². The first-order valence-electron chi connectivity index (χ1n) is 11.1. The number of pyridine rings is 1. The molecule has 2 aliphatic rings. The van der Waals surface area contributed by atoms with E-state index in [4.69, 9.17) is 4.74 Å². The third-order valence-electron chi connectivity index (χ3n) is 6.21. The molecule has 0 bridgehead atoms. The molecule has 2 amide bonds. The molecule has 0 aliphatic carbocycles. The summed E-state index contributed by atoms with van der Waals surface area (Å²) in [4.78, 5) is 32.9. The van der Waals surface area contributed by atoms with Crippen molar-refractivity contribution in [3.8, 4) is 5.75 Å². The summed E-state index contributed by atoms with van der Waals surface area (Å²) in [6.45, 7) is 3.52. The van der Waals surface area contributed by atoms with Crippen LogP contribution in [0.2, 0.25) is 0 Å². The number of rotatable bonds is 5. The van der Waals surface area contributed by atoms with E-state index in [1.54, 1.807) is 17.4 Å². The number of fused-ring (bicyclic) bond motifs is 2. The smallest absolute Gasteiger partial charge is 0.264 e. The zero-order valence-corrected chi connectivity index (χ0v) is 19.2. The van der Waals surface area contributed by atoms with Gasteiger partial charge in [0.15, 0.2) is 6.10 Å². The van der Waals surface area contributed by atoms with E-state index >= 15 is 0 Å². The predicted octanol–water partition coefficient (Wildman–Crippen LogP) is 3.67. The fraction of sp³-hybridized carbons (Fsp3) is 0.269. The number of ether oxygens (including phenoxy) is 1. The molecule has 0 saturated carbocycles. The van der Waals surface area contributed by atoms with Crippen molar-refractivity contribution in [2.45, 2.75) is 39.0 Å². The first kappa shape index (κ1) is 21.4. The van der Waals surface area contributed by atoms with E-state index in [-0.39, 0.29) is 11.8 Å². The number of aryl methyl sites for hydroxylation is 1. The fourth-order valence-electron chi connectivity index (χ4n) is 4.45. The summed E-state index contributed by atoms with van der Waals surface area (Å²) in [6, 6.07) is 11.7. The van der Waals surface area contributed by atoms with Gasteiger partial charge in [0.1, 0.15) is 5.75 Å². The highest BCUT2D eigenvalue weighted by Gasteiger charge is 2.34. The largest absolute Gasteiger partial charge is 0.480 e. The van der Waals surface area contributed by atoms with E-state index in [1.165, 1.54) is 5.56 Å². The second-order valence-corrected chi connectivity index (χ2v) is 9.30.